The molecule has 0 aliphatic carbocycles. The van der Waals surface area contributed by atoms with E-state index in [2.05, 4.69) is 0 Å². The van der Waals surface area contributed by atoms with Crippen LogP contribution < -0.4 is 10.9 Å². The zero-order chi connectivity index (χ0) is 9.99. The number of hydrogen-bond donors (Lipinski definition) is 3. The summed E-state index contributed by atoms with van der Waals surface area (Å²) in [6.07, 6.45) is 1.32. The van der Waals surface area contributed by atoms with Crippen molar-refractivity contribution < 1.29 is 14.1 Å². The molecule has 0 saturated heterocycles. The quantitative estimate of drug-likeness (QED) is 0.489. The van der Waals surface area contributed by atoms with Crippen molar-refractivity contribution in [2.75, 3.05) is 6.26 Å². The van der Waals surface area contributed by atoms with Gasteiger partial charge in [0.05, 0.1) is 0 Å². The first kappa shape index (κ1) is 11.4. The van der Waals surface area contributed by atoms with E-state index in [-0.39, 0.29) is 6.42 Å². The summed E-state index contributed by atoms with van der Waals surface area (Å²) in [5.41, 5.74) is 3.96. The molecule has 0 aromatic heterocycles. The van der Waals surface area contributed by atoms with Crippen LogP contribution in [0.2, 0.25) is 0 Å². The monoisotopic (exact) mass is 194 g/mol. The molecule has 0 bridgehead atoms. The SMILES string of the molecule is C[C@@](N)(CC=S(C)(N)=O)C(=O)O. The maximum atomic E-state index is 10.9. The van der Waals surface area contributed by atoms with E-state index in [0.29, 0.717) is 0 Å². The first-order valence-corrected chi connectivity index (χ1v) is 5.37. The zero-order valence-corrected chi connectivity index (χ0v) is 7.93. The highest BCUT2D eigenvalue weighted by Crippen LogP contribution is 2.03. The molecule has 0 radical (unpaired) electrons. The standard InChI is InChI=1S/C6H14N2O3S/c1-6(7,5(9)10)3-4-12(2,8)11/h4H,3,7H2,1-2H3,(H2,8,11)(H,9,10)/t6-,12?/m1/s1. The van der Waals surface area contributed by atoms with E-state index in [4.69, 9.17) is 16.0 Å². The van der Waals surface area contributed by atoms with Gasteiger partial charge in [0.25, 0.3) is 0 Å². The Labute approximate surface area is 71.9 Å². The van der Waals surface area contributed by atoms with Crippen LogP contribution in [0.25, 0.3) is 0 Å². The van der Waals surface area contributed by atoms with E-state index in [1.165, 1.54) is 18.5 Å². The third-order valence-electron chi connectivity index (χ3n) is 1.33. The smallest absolute Gasteiger partial charge is 0.323 e. The lowest BCUT2D eigenvalue weighted by Crippen LogP contribution is -2.45. The van der Waals surface area contributed by atoms with Crippen molar-refractivity contribution in [3.8, 4) is 0 Å². The van der Waals surface area contributed by atoms with Crippen molar-refractivity contribution in [1.29, 1.82) is 0 Å². The largest absolute Gasteiger partial charge is 0.480 e. The van der Waals surface area contributed by atoms with E-state index < -0.39 is 21.2 Å². The van der Waals surface area contributed by atoms with Crippen LogP contribution in [-0.2, 0) is 14.5 Å². The summed E-state index contributed by atoms with van der Waals surface area (Å²) in [5, 5.41) is 15.0. The molecule has 1 unspecified atom stereocenters. The summed E-state index contributed by atoms with van der Waals surface area (Å²) >= 11 is 0. The van der Waals surface area contributed by atoms with Gasteiger partial charge in [-0.25, -0.2) is 0 Å². The highest BCUT2D eigenvalue weighted by Gasteiger charge is 2.26. The molecule has 0 aromatic carbocycles. The molecular formula is C6H14N2O3S. The Balaban J connectivity index is 4.50. The molecule has 72 valence electrons. The molecule has 5 nitrogen and oxygen atoms in total. The van der Waals surface area contributed by atoms with Crippen molar-refractivity contribution in [3.05, 3.63) is 0 Å². The highest BCUT2D eigenvalue weighted by molar-refractivity contribution is 7.98. The number of carboxylic acids is 1. The first-order valence-electron chi connectivity index (χ1n) is 3.27. The van der Waals surface area contributed by atoms with Gasteiger partial charge < -0.3 is 10.8 Å². The van der Waals surface area contributed by atoms with Crippen LogP contribution in [0, 0.1) is 0 Å². The van der Waals surface area contributed by atoms with Crippen LogP contribution in [0.15, 0.2) is 0 Å². The average molecular weight is 194 g/mol. The van der Waals surface area contributed by atoms with Crippen LogP contribution in [0.5, 0.6) is 0 Å². The predicted molar refractivity (Wildman–Crippen MR) is 49.2 cm³/mol. The van der Waals surface area contributed by atoms with Gasteiger partial charge in [-0.2, -0.15) is 0 Å². The van der Waals surface area contributed by atoms with Gasteiger partial charge in [0.2, 0.25) is 0 Å². The van der Waals surface area contributed by atoms with Gasteiger partial charge in [-0.3, -0.25) is 14.1 Å². The lowest BCUT2D eigenvalue weighted by Gasteiger charge is -2.16. The van der Waals surface area contributed by atoms with Crippen molar-refractivity contribution in [2.45, 2.75) is 18.9 Å². The third-order valence-corrected chi connectivity index (χ3v) is 2.16. The minimum absolute atomic E-state index is 0.00579. The molecule has 0 aromatic rings. The molecule has 0 spiro atoms. The molecule has 0 heterocycles. The van der Waals surface area contributed by atoms with Crippen LogP contribution in [0.4, 0.5) is 0 Å². The molecule has 0 rings (SSSR count). The predicted octanol–water partition coefficient (Wildman–Crippen LogP) is -1.23. The van der Waals surface area contributed by atoms with Crippen LogP contribution in [0.3, 0.4) is 0 Å². The summed E-state index contributed by atoms with van der Waals surface area (Å²) in [6, 6.07) is 0. The van der Waals surface area contributed by atoms with Crippen molar-refractivity contribution in [1.82, 2.24) is 0 Å². The van der Waals surface area contributed by atoms with Gasteiger partial charge in [-0.1, -0.05) is 0 Å². The van der Waals surface area contributed by atoms with Crippen molar-refractivity contribution in [3.63, 3.8) is 0 Å². The van der Waals surface area contributed by atoms with E-state index >= 15 is 0 Å². The fourth-order valence-electron chi connectivity index (χ4n) is 0.426. The summed E-state index contributed by atoms with van der Waals surface area (Å²) < 4.78 is 10.9. The molecule has 12 heavy (non-hydrogen) atoms. The number of carbonyl (C=O) groups is 1. The number of nitrogens with two attached hydrogens (primary N) is 2. The van der Waals surface area contributed by atoms with E-state index in [0.717, 1.165) is 0 Å². The van der Waals surface area contributed by atoms with Crippen molar-refractivity contribution >= 4 is 21.0 Å². The van der Waals surface area contributed by atoms with E-state index in [1.54, 1.807) is 0 Å². The van der Waals surface area contributed by atoms with E-state index in [9.17, 15) is 9.00 Å². The zero-order valence-electron chi connectivity index (χ0n) is 7.11. The fraction of sp³-hybridized carbons (Fsp3) is 0.667. The lowest BCUT2D eigenvalue weighted by atomic mass is 10.0. The average Bonchev–Trinajstić information content (AvgIpc) is 1.82. The molecule has 6 heteroatoms. The van der Waals surface area contributed by atoms with Gasteiger partial charge in [0.15, 0.2) is 0 Å². The molecule has 0 aliphatic rings. The Kier molecular flexibility index (Phi) is 3.25. The molecule has 0 fully saturated rings. The van der Waals surface area contributed by atoms with Gasteiger partial charge in [0.1, 0.15) is 5.54 Å². The van der Waals surface area contributed by atoms with Crippen LogP contribution in [-0.4, -0.2) is 32.4 Å². The summed E-state index contributed by atoms with van der Waals surface area (Å²) in [7, 11) is -2.51. The second-order valence-corrected chi connectivity index (χ2v) is 5.33. The first-order chi connectivity index (χ1) is 5.15. The fourth-order valence-corrected chi connectivity index (χ4v) is 1.10. The molecule has 2 atom stereocenters. The topological polar surface area (TPSA) is 106 Å². The molecule has 0 saturated carbocycles. The Morgan fingerprint density at radius 1 is 1.75 bits per heavy atom. The Morgan fingerprint density at radius 2 is 2.17 bits per heavy atom. The second kappa shape index (κ2) is 3.42. The summed E-state index contributed by atoms with van der Waals surface area (Å²) in [6.45, 7) is 1.34. The maximum Gasteiger partial charge on any atom is 0.323 e. The molecule has 0 aliphatic heterocycles. The minimum atomic E-state index is -2.51. The van der Waals surface area contributed by atoms with Crippen LogP contribution >= 0.6 is 0 Å². The third kappa shape index (κ3) is 4.32. The molecule has 5 N–H and O–H groups in total. The number of rotatable bonds is 3. The minimum Gasteiger partial charge on any atom is -0.480 e. The highest BCUT2D eigenvalue weighted by atomic mass is 32.2. The summed E-state index contributed by atoms with van der Waals surface area (Å²) in [5.74, 6) is -1.14. The van der Waals surface area contributed by atoms with E-state index in [1.807, 2.05) is 0 Å². The summed E-state index contributed by atoms with van der Waals surface area (Å²) in [4.78, 5) is 10.5. The van der Waals surface area contributed by atoms with Crippen molar-refractivity contribution in [2.24, 2.45) is 10.9 Å². The van der Waals surface area contributed by atoms with Crippen LogP contribution in [0.1, 0.15) is 13.3 Å². The Morgan fingerprint density at radius 3 is 2.42 bits per heavy atom. The molecular weight excluding hydrogens is 180 g/mol. The second-order valence-electron chi connectivity index (χ2n) is 3.06. The number of aliphatic carboxylic acids is 1. The molecule has 0 amide bonds. The Hall–Kier alpha value is -0.590. The number of hydrogen-bond acceptors (Lipinski definition) is 3. The van der Waals surface area contributed by atoms with Gasteiger partial charge in [-0.05, 0) is 12.3 Å². The van der Waals surface area contributed by atoms with Gasteiger partial charge in [0, 0.05) is 22.4 Å². The number of carboxylic acid groups (broad SMARTS) is 1. The lowest BCUT2D eigenvalue weighted by molar-refractivity contribution is -0.142. The normalized spacial score (nSPS) is 20.7. The Bertz CT molecular complexity index is 281. The van der Waals surface area contributed by atoms with Gasteiger partial charge in [-0.15, -0.1) is 0 Å². The maximum absolute atomic E-state index is 10.9. The van der Waals surface area contributed by atoms with Gasteiger partial charge >= 0.3 is 5.97 Å².